The van der Waals surface area contributed by atoms with Gasteiger partial charge >= 0.3 is 0 Å². The van der Waals surface area contributed by atoms with E-state index in [0.29, 0.717) is 6.42 Å². The minimum Gasteiger partial charge on any atom is -0.420 e. The summed E-state index contributed by atoms with van der Waals surface area (Å²) in [6.07, 6.45) is 33.2. The molecule has 0 heterocycles. The number of hydrogen-bond donors (Lipinski definition) is 2. The van der Waals surface area contributed by atoms with E-state index in [-0.39, 0.29) is 12.5 Å². The Labute approximate surface area is 248 Å². The molecular weight excluding hydrogens is 516 g/mol. The third kappa shape index (κ3) is 29.1. The number of nitrogens with one attached hydrogen (secondary N) is 1. The number of hydrogen-bond acceptors (Lipinski definition) is 3. The van der Waals surface area contributed by atoms with Gasteiger partial charge in [-0.3, -0.25) is 4.79 Å². The molecule has 1 amide bonds. The molecule has 227 valence electrons. The molecule has 0 rings (SSSR count). The third-order valence-electron chi connectivity index (χ3n) is 7.50. The number of carbonyl (C=O) groups is 1. The third-order valence-corrected chi connectivity index (χ3v) is 8.50. The summed E-state index contributed by atoms with van der Waals surface area (Å²) >= 11 is 0. The Morgan fingerprint density at radius 2 is 1.18 bits per heavy atom. The van der Waals surface area contributed by atoms with E-state index in [4.69, 9.17) is 11.9 Å². The van der Waals surface area contributed by atoms with Crippen LogP contribution in [-0.2, 0) is 9.22 Å². The lowest BCUT2D eigenvalue weighted by Gasteiger charge is -2.23. The number of aliphatic hydroxyl groups excluding tert-OH is 1. The molecule has 0 aromatic carbocycles. The van der Waals surface area contributed by atoms with Gasteiger partial charge in [-0.15, -0.1) is 8.79 Å². The monoisotopic (exact) mass is 580 g/mol. The maximum atomic E-state index is 12.5. The second-order valence-electron chi connectivity index (χ2n) is 11.4. The van der Waals surface area contributed by atoms with Gasteiger partial charge < -0.3 is 14.8 Å². The van der Waals surface area contributed by atoms with E-state index in [1.165, 1.54) is 122 Å². The lowest BCUT2D eigenvalue weighted by atomic mass is 10.0. The van der Waals surface area contributed by atoms with E-state index in [2.05, 4.69) is 34.0 Å². The van der Waals surface area contributed by atoms with Crippen molar-refractivity contribution in [1.29, 1.82) is 0 Å². The summed E-state index contributed by atoms with van der Waals surface area (Å²) in [6.45, 7) is 4.77. The Kier molecular flexibility index (Phi) is 30.7. The molecule has 0 aliphatic rings. The summed E-state index contributed by atoms with van der Waals surface area (Å²) in [7, 11) is 6.84. The predicted molar refractivity (Wildman–Crippen MR) is 176 cm³/mol. The van der Waals surface area contributed by atoms with Crippen molar-refractivity contribution in [2.75, 3.05) is 6.61 Å². The number of amides is 1. The van der Waals surface area contributed by atoms with Crippen molar-refractivity contribution >= 4 is 30.7 Å². The number of allylic oxidation sites excluding steroid dienone is 1. The van der Waals surface area contributed by atoms with Crippen molar-refractivity contribution < 1.29 is 14.3 Å². The van der Waals surface area contributed by atoms with Gasteiger partial charge in [0.1, 0.15) is 0 Å². The number of unbranched alkanes of at least 4 members (excludes halogenated alkanes) is 21. The Hall–Kier alpha value is -0.158. The van der Waals surface area contributed by atoms with Crippen LogP contribution in [0.3, 0.4) is 0 Å². The molecule has 0 aromatic heterocycles. The van der Waals surface area contributed by atoms with Crippen LogP contribution in [0, 0.1) is 0 Å². The number of rotatable bonds is 30. The van der Waals surface area contributed by atoms with Crippen LogP contribution >= 0.6 is 8.79 Å². The second kappa shape index (κ2) is 30.8. The molecule has 0 spiro atoms. The highest BCUT2D eigenvalue weighted by Gasteiger charge is 2.20. The first-order valence-corrected chi connectivity index (χ1v) is 20.0. The van der Waals surface area contributed by atoms with Gasteiger partial charge in [-0.05, 0) is 19.3 Å². The Morgan fingerprint density at radius 3 is 1.62 bits per heavy atom. The minimum atomic E-state index is -1.45. The van der Waals surface area contributed by atoms with Crippen molar-refractivity contribution in [3.63, 3.8) is 0 Å². The molecule has 0 aromatic rings. The molecule has 39 heavy (non-hydrogen) atoms. The van der Waals surface area contributed by atoms with Gasteiger partial charge in [0.25, 0.3) is 0 Å². The maximum Gasteiger partial charge on any atom is 0.220 e. The fourth-order valence-corrected chi connectivity index (χ4v) is 5.60. The molecule has 0 saturated carbocycles. The summed E-state index contributed by atoms with van der Waals surface area (Å²) in [5, 5.41) is 13.7. The smallest absolute Gasteiger partial charge is 0.220 e. The normalized spacial score (nSPS) is 13.4. The maximum absolute atomic E-state index is 12.5. The summed E-state index contributed by atoms with van der Waals surface area (Å²) in [4.78, 5) is 12.5. The molecule has 0 saturated heterocycles. The fourth-order valence-electron chi connectivity index (χ4n) is 4.94. The van der Waals surface area contributed by atoms with Gasteiger partial charge in [-0.2, -0.15) is 0 Å². The van der Waals surface area contributed by atoms with E-state index in [1.54, 1.807) is 0 Å². The van der Waals surface area contributed by atoms with Crippen molar-refractivity contribution in [3.05, 3.63) is 12.2 Å². The van der Waals surface area contributed by atoms with Crippen molar-refractivity contribution in [3.8, 4) is 0 Å². The van der Waals surface area contributed by atoms with Gasteiger partial charge in [0.05, 0.1) is 26.2 Å². The molecule has 4 nitrogen and oxygen atoms in total. The first-order valence-electron chi connectivity index (χ1n) is 16.7. The van der Waals surface area contributed by atoms with E-state index in [1.807, 2.05) is 6.08 Å². The van der Waals surface area contributed by atoms with E-state index >= 15 is 0 Å². The molecular formula is C32H64BNO3PSi. The zero-order chi connectivity index (χ0) is 28.8. The lowest BCUT2D eigenvalue weighted by Crippen LogP contribution is -2.46. The average Bonchev–Trinajstić information content (AvgIpc) is 2.92. The molecule has 3 unspecified atom stereocenters. The molecule has 0 aliphatic heterocycles. The van der Waals surface area contributed by atoms with Gasteiger partial charge in [0.15, 0.2) is 8.58 Å². The number of aliphatic hydroxyl groups is 1. The summed E-state index contributed by atoms with van der Waals surface area (Å²) < 4.78 is 5.59. The fraction of sp³-hybridized carbons (Fsp3) is 0.906. The Balaban J connectivity index is 3.99. The van der Waals surface area contributed by atoms with Crippen LogP contribution in [0.5, 0.6) is 0 Å². The average molecular weight is 581 g/mol. The molecule has 3 radical (unpaired) electrons. The Bertz CT molecular complexity index is 554. The highest BCUT2D eigenvalue weighted by atomic mass is 31.3. The van der Waals surface area contributed by atoms with Crippen LogP contribution in [-0.4, -0.2) is 45.8 Å². The number of carbonyl (C=O) groups excluding carboxylic acids is 1. The van der Waals surface area contributed by atoms with Crippen molar-refractivity contribution in [2.45, 2.75) is 180 Å². The van der Waals surface area contributed by atoms with Crippen LogP contribution in [0.4, 0.5) is 0 Å². The lowest BCUT2D eigenvalue weighted by molar-refractivity contribution is -0.122. The molecule has 0 fully saturated rings. The first-order chi connectivity index (χ1) is 19.0. The SMILES string of the molecule is [B][Si](P)OCC(NC(=O)CCCCCCCCCCCCC)C(O)/C=C/CCCCCCCCCCCCC. The second-order valence-corrected chi connectivity index (χ2v) is 14.2. The van der Waals surface area contributed by atoms with Crippen LogP contribution in [0.25, 0.3) is 0 Å². The highest BCUT2D eigenvalue weighted by molar-refractivity contribution is 7.70. The van der Waals surface area contributed by atoms with Crippen LogP contribution in [0.2, 0.25) is 0 Å². The summed E-state index contributed by atoms with van der Waals surface area (Å²) in [6, 6.07) is -0.456. The van der Waals surface area contributed by atoms with Crippen LogP contribution < -0.4 is 5.32 Å². The Morgan fingerprint density at radius 1 is 0.769 bits per heavy atom. The predicted octanol–water partition coefficient (Wildman–Crippen LogP) is 8.84. The summed E-state index contributed by atoms with van der Waals surface area (Å²) in [5.74, 6) is -0.00751. The standard InChI is InChI=1S/C32H64BNO3PSi/c1-3-5-7-9-11-13-15-16-18-19-21-23-25-27-31(35)30(29-37-39(33)38)34-32(36)28-26-24-22-20-17-14-12-10-8-6-4-2/h25,27,30-31,35H,3-24,26,28-29,38H2,1-2H3,(H,34,36)/b27-25+. The van der Waals surface area contributed by atoms with Gasteiger partial charge in [-0.25, -0.2) is 0 Å². The first kappa shape index (κ1) is 38.8. The van der Waals surface area contributed by atoms with Crippen LogP contribution in [0.15, 0.2) is 12.2 Å². The van der Waals surface area contributed by atoms with Gasteiger partial charge in [0, 0.05) is 6.42 Å². The molecule has 7 heteroatoms. The zero-order valence-corrected chi connectivity index (χ0v) is 28.1. The summed E-state index contributed by atoms with van der Waals surface area (Å²) in [5.41, 5.74) is 0. The minimum absolute atomic E-state index is 0.00751. The van der Waals surface area contributed by atoms with Gasteiger partial charge in [-0.1, -0.05) is 154 Å². The largest absolute Gasteiger partial charge is 0.420 e. The van der Waals surface area contributed by atoms with E-state index < -0.39 is 20.7 Å². The van der Waals surface area contributed by atoms with E-state index in [0.717, 1.165) is 25.7 Å². The topological polar surface area (TPSA) is 58.6 Å². The molecule has 0 bridgehead atoms. The van der Waals surface area contributed by atoms with E-state index in [9.17, 15) is 9.90 Å². The molecule has 2 N–H and O–H groups in total. The van der Waals surface area contributed by atoms with Gasteiger partial charge in [0.2, 0.25) is 5.91 Å². The van der Waals surface area contributed by atoms with Crippen LogP contribution in [0.1, 0.15) is 168 Å². The molecule has 0 aliphatic carbocycles. The van der Waals surface area contributed by atoms with Crippen molar-refractivity contribution in [1.82, 2.24) is 5.32 Å². The van der Waals surface area contributed by atoms with Crippen molar-refractivity contribution in [2.24, 2.45) is 0 Å². The molecule has 3 atom stereocenters. The highest BCUT2D eigenvalue weighted by Crippen LogP contribution is 2.14. The quantitative estimate of drug-likeness (QED) is 0.0386. The zero-order valence-electron chi connectivity index (χ0n) is 25.9.